The summed E-state index contributed by atoms with van der Waals surface area (Å²) in [5.41, 5.74) is 4.94. The fourth-order valence-electron chi connectivity index (χ4n) is 6.87. The lowest BCUT2D eigenvalue weighted by atomic mass is 9.81. The lowest BCUT2D eigenvalue weighted by Crippen LogP contribution is -2.28. The van der Waals surface area contributed by atoms with Crippen LogP contribution < -0.4 is 9.74 Å². The molecule has 2 aliphatic heterocycles. The molecule has 0 fully saturated rings. The molecule has 0 saturated heterocycles. The number of aromatic hydroxyl groups is 2. The maximum atomic E-state index is 12.3. The highest BCUT2D eigenvalue weighted by atomic mass is 32.2. The van der Waals surface area contributed by atoms with Gasteiger partial charge in [-0.2, -0.15) is 13.0 Å². The molecule has 5 rings (SSSR count). The van der Waals surface area contributed by atoms with Crippen molar-refractivity contribution in [3.8, 4) is 11.8 Å². The molecule has 52 heavy (non-hydrogen) atoms. The van der Waals surface area contributed by atoms with Crippen molar-refractivity contribution in [2.45, 2.75) is 80.9 Å². The fourth-order valence-corrected chi connectivity index (χ4v) is 7.78. The largest absolute Gasteiger partial charge is 0.492 e. The molecular weight excluding hydrogens is 711 g/mol. The number of allylic oxidation sites excluding steroid dienone is 6. The van der Waals surface area contributed by atoms with Crippen LogP contribution in [0.4, 0.5) is 11.4 Å². The van der Waals surface area contributed by atoms with E-state index in [1.807, 2.05) is 56.4 Å². The van der Waals surface area contributed by atoms with E-state index in [-0.39, 0.29) is 28.5 Å². The topological polar surface area (TPSA) is 171 Å². The van der Waals surface area contributed by atoms with E-state index in [0.29, 0.717) is 30.5 Å². The molecule has 0 unspecified atom stereocenters. The highest BCUT2D eigenvalue weighted by Gasteiger charge is 2.45. The number of hydrogen-bond donors (Lipinski definition) is 4. The lowest BCUT2D eigenvalue weighted by molar-refractivity contribution is -0.438. The van der Waals surface area contributed by atoms with Crippen molar-refractivity contribution in [2.24, 2.45) is 0 Å². The van der Waals surface area contributed by atoms with Crippen LogP contribution in [0.1, 0.15) is 71.4 Å². The van der Waals surface area contributed by atoms with Crippen LogP contribution in [-0.2, 0) is 35.1 Å². The van der Waals surface area contributed by atoms with Crippen LogP contribution in [0.25, 0.3) is 0 Å². The number of benzene rings is 2. The molecule has 0 bridgehead atoms. The van der Waals surface area contributed by atoms with Gasteiger partial charge in [0.15, 0.2) is 5.71 Å². The predicted octanol–water partition coefficient (Wildman–Crippen LogP) is 6.98. The van der Waals surface area contributed by atoms with Gasteiger partial charge in [0, 0.05) is 70.9 Å². The van der Waals surface area contributed by atoms with Gasteiger partial charge in [-0.05, 0) is 75.6 Å². The predicted molar refractivity (Wildman–Crippen MR) is 196 cm³/mol. The number of nitrogens with zero attached hydrogens (tertiary/aromatic N) is 3. The van der Waals surface area contributed by atoms with Crippen molar-refractivity contribution in [1.29, 1.82) is 0 Å². The molecule has 3 aromatic rings. The summed E-state index contributed by atoms with van der Waals surface area (Å²) in [7, 11) is -4.41. The van der Waals surface area contributed by atoms with Gasteiger partial charge in [-0.15, -0.1) is 9.06 Å². The number of fused-ring (bicyclic) bond motifs is 2. The number of hydrogen-bond acceptors (Lipinski definition) is 11. The molecule has 3 heterocycles. The van der Waals surface area contributed by atoms with Gasteiger partial charge in [-0.1, -0.05) is 37.1 Å². The first-order valence-corrected chi connectivity index (χ1v) is 19.0. The Kier molecular flexibility index (Phi) is 11.7. The Bertz CT molecular complexity index is 2040. The molecule has 2 aliphatic rings. The highest BCUT2D eigenvalue weighted by molar-refractivity contribution is 7.94. The zero-order valence-electron chi connectivity index (χ0n) is 29.6. The Balaban J connectivity index is 1.34. The summed E-state index contributed by atoms with van der Waals surface area (Å²) in [5, 5.41) is 31.8. The van der Waals surface area contributed by atoms with Gasteiger partial charge in [-0.3, -0.25) is 4.55 Å². The average Bonchev–Trinajstić information content (AvgIpc) is 3.61. The smallest absolute Gasteiger partial charge is 0.333 e. The van der Waals surface area contributed by atoms with Crippen molar-refractivity contribution in [1.82, 2.24) is 4.73 Å². The van der Waals surface area contributed by atoms with E-state index in [1.165, 1.54) is 24.3 Å². The summed E-state index contributed by atoms with van der Waals surface area (Å²) in [4.78, 5) is 20.2. The number of carbonyl (C=O) groups excluding carboxylic acids is 1. The van der Waals surface area contributed by atoms with E-state index in [4.69, 9.17) is 10.1 Å². The first-order valence-electron chi connectivity index (χ1n) is 16.8. The minimum Gasteiger partial charge on any atom is -0.492 e. The maximum Gasteiger partial charge on any atom is 0.333 e. The Morgan fingerprint density at radius 1 is 0.923 bits per heavy atom. The van der Waals surface area contributed by atoms with Crippen LogP contribution in [0, 0.1) is 0 Å². The van der Waals surface area contributed by atoms with Crippen molar-refractivity contribution < 1.29 is 52.0 Å². The van der Waals surface area contributed by atoms with Crippen LogP contribution in [-0.4, -0.2) is 62.5 Å². The second kappa shape index (κ2) is 15.7. The molecular formula is C37H44N3O10S2+. The van der Waals surface area contributed by atoms with Crippen LogP contribution in [0.2, 0.25) is 0 Å². The number of carbonyl (C=O) groups is 1. The van der Waals surface area contributed by atoms with Crippen LogP contribution in [0.5, 0.6) is 11.8 Å². The van der Waals surface area contributed by atoms with E-state index in [9.17, 15) is 28.0 Å². The molecule has 13 nitrogen and oxygen atoms in total. The van der Waals surface area contributed by atoms with Gasteiger partial charge in [0.25, 0.3) is 10.1 Å². The number of rotatable bonds is 15. The molecule has 0 radical (unpaired) electrons. The van der Waals surface area contributed by atoms with E-state index >= 15 is 0 Å². The maximum absolute atomic E-state index is 12.3. The fraction of sp³-hybridized carbons (Fsp3) is 0.351. The molecule has 0 spiro atoms. The molecule has 4 N–H and O–H groups in total. The van der Waals surface area contributed by atoms with E-state index in [1.54, 1.807) is 6.07 Å². The third kappa shape index (κ3) is 7.99. The summed E-state index contributed by atoms with van der Waals surface area (Å²) < 4.78 is 41.3. The Hall–Kier alpha value is -4.38. The zero-order chi connectivity index (χ0) is 37.8. The molecule has 1 aromatic heterocycles. The Labute approximate surface area is 307 Å². The van der Waals surface area contributed by atoms with Crippen molar-refractivity contribution in [3.05, 3.63) is 95.7 Å². The zero-order valence-corrected chi connectivity index (χ0v) is 31.3. The average molecular weight is 755 g/mol. The molecule has 0 atom stereocenters. The second-order valence-corrected chi connectivity index (χ2v) is 15.7. The third-order valence-corrected chi connectivity index (χ3v) is 10.9. The monoisotopic (exact) mass is 754 g/mol. The van der Waals surface area contributed by atoms with E-state index in [0.717, 1.165) is 57.4 Å². The van der Waals surface area contributed by atoms with Gasteiger partial charge in [0.2, 0.25) is 17.4 Å². The summed E-state index contributed by atoms with van der Waals surface area (Å²) in [6, 6.07) is 13.0. The van der Waals surface area contributed by atoms with E-state index < -0.39 is 21.5 Å². The summed E-state index contributed by atoms with van der Waals surface area (Å²) in [6.45, 7) is 11.8. The standard InChI is InChI=1S/C37H43N3O10S2/c1-6-38-29-18-16-25(51-50-49-44)23-27(29)36(2,3)31(38)13-9-7-10-14-32-37(4,5)28-24-26(52(45,46)47)17-19-30(28)39(32)22-12-8-11-15-35(43)48-40-33(41)20-21-34(40)42/h7,9-10,13-14,16-21,23-24H,6,8,11-12,15,22H2,1-5H3,(H3-,41,42,44,45,46,47)/p+1. The van der Waals surface area contributed by atoms with Gasteiger partial charge in [-0.25, -0.2) is 10.1 Å². The number of aromatic nitrogens is 1. The van der Waals surface area contributed by atoms with Gasteiger partial charge < -0.3 is 20.0 Å². The van der Waals surface area contributed by atoms with Crippen molar-refractivity contribution >= 4 is 45.2 Å². The van der Waals surface area contributed by atoms with Crippen LogP contribution >= 0.6 is 12.0 Å². The Morgan fingerprint density at radius 3 is 2.33 bits per heavy atom. The minimum atomic E-state index is -4.41. The molecule has 15 heteroatoms. The normalized spacial score (nSPS) is 17.1. The number of unbranched alkanes of at least 4 members (excludes halogenated alkanes) is 2. The summed E-state index contributed by atoms with van der Waals surface area (Å²) in [6.07, 6.45) is 12.0. The molecule has 2 aromatic carbocycles. The number of likely N-dealkylation sites (N-methyl/N-ethyl adjacent to an activating group) is 1. The summed E-state index contributed by atoms with van der Waals surface area (Å²) in [5.74, 6) is -1.36. The van der Waals surface area contributed by atoms with Crippen molar-refractivity contribution in [2.75, 3.05) is 18.0 Å². The molecule has 0 saturated carbocycles. The Morgan fingerprint density at radius 2 is 1.65 bits per heavy atom. The van der Waals surface area contributed by atoms with Crippen molar-refractivity contribution in [3.63, 3.8) is 0 Å². The molecule has 0 aliphatic carbocycles. The molecule has 0 amide bonds. The quantitative estimate of drug-likeness (QED) is 0.0239. The number of anilines is 1. The van der Waals surface area contributed by atoms with Crippen LogP contribution in [0.15, 0.2) is 94.4 Å². The van der Waals surface area contributed by atoms with Crippen LogP contribution in [0.3, 0.4) is 0 Å². The van der Waals surface area contributed by atoms with Gasteiger partial charge >= 0.3 is 5.97 Å². The first kappa shape index (κ1) is 38.8. The summed E-state index contributed by atoms with van der Waals surface area (Å²) >= 11 is 0.924. The molecule has 278 valence electrons. The third-order valence-electron chi connectivity index (χ3n) is 9.49. The van der Waals surface area contributed by atoms with Gasteiger partial charge in [0.05, 0.1) is 22.4 Å². The second-order valence-electron chi connectivity index (χ2n) is 13.5. The first-order chi connectivity index (χ1) is 24.6. The lowest BCUT2D eigenvalue weighted by Gasteiger charge is -2.25. The van der Waals surface area contributed by atoms with E-state index in [2.05, 4.69) is 45.7 Å². The minimum absolute atomic E-state index is 0.0815. The highest BCUT2D eigenvalue weighted by Crippen LogP contribution is 2.49. The van der Waals surface area contributed by atoms with Gasteiger partial charge in [0.1, 0.15) is 6.54 Å². The SMILES string of the molecule is CCN1C(=CC=CC=CC2=[N+](CCCCCC(=O)On3c(O)ccc3O)c3ccc(S(=O)(=O)O)cc3C2(C)C)C(C)(C)c2cc(SOOO)ccc21.